The van der Waals surface area contributed by atoms with Crippen LogP contribution in [0, 0.1) is 6.92 Å². The number of hydrazine groups is 1. The maximum Gasteiger partial charge on any atom is 0.0847 e. The van der Waals surface area contributed by atoms with Crippen LogP contribution in [0.25, 0.3) is 0 Å². The fourth-order valence-electron chi connectivity index (χ4n) is 3.16. The molecule has 2 atom stereocenters. The lowest BCUT2D eigenvalue weighted by molar-refractivity contribution is 0.176. The van der Waals surface area contributed by atoms with Crippen molar-refractivity contribution in [1.82, 2.24) is 25.0 Å². The van der Waals surface area contributed by atoms with Crippen molar-refractivity contribution in [3.8, 4) is 0 Å². The molecule has 0 spiro atoms. The second-order valence-corrected chi connectivity index (χ2v) is 6.49. The van der Waals surface area contributed by atoms with Gasteiger partial charge in [0.2, 0.25) is 0 Å². The Kier molecular flexibility index (Phi) is 5.62. The van der Waals surface area contributed by atoms with E-state index in [1.165, 1.54) is 6.42 Å². The van der Waals surface area contributed by atoms with Gasteiger partial charge in [-0.3, -0.25) is 16.0 Å². The fraction of sp³-hybridized carbons (Fsp3) is 0.786. The molecule has 0 radical (unpaired) electrons. The summed E-state index contributed by atoms with van der Waals surface area (Å²) in [6.07, 6.45) is 1.96. The van der Waals surface area contributed by atoms with Crippen molar-refractivity contribution in [1.29, 1.82) is 0 Å². The molecule has 1 fully saturated rings. The van der Waals surface area contributed by atoms with Gasteiger partial charge in [-0.15, -0.1) is 0 Å². The van der Waals surface area contributed by atoms with E-state index in [-0.39, 0.29) is 6.04 Å². The summed E-state index contributed by atoms with van der Waals surface area (Å²) in [5, 5.41) is 5.14. The topological polar surface area (TPSA) is 62.4 Å². The number of aryl methyl sites for hydroxylation is 2. The highest BCUT2D eigenvalue weighted by Crippen LogP contribution is 2.22. The smallest absolute Gasteiger partial charge is 0.0847 e. The fourth-order valence-corrected chi connectivity index (χ4v) is 3.39. The zero-order chi connectivity index (χ0) is 15.6. The molecule has 1 saturated heterocycles. The predicted octanol–water partition coefficient (Wildman–Crippen LogP) is 0.392. The number of likely N-dealkylation sites (N-methyl/N-ethyl adjacent to an activating group) is 2. The molecule has 2 unspecified atom stereocenters. The highest BCUT2D eigenvalue weighted by molar-refractivity contribution is 6.31. The quantitative estimate of drug-likeness (QED) is 0.622. The van der Waals surface area contributed by atoms with Gasteiger partial charge in [-0.1, -0.05) is 11.6 Å². The number of aromatic nitrogens is 2. The molecule has 6 nitrogen and oxygen atoms in total. The van der Waals surface area contributed by atoms with Crippen LogP contribution < -0.4 is 11.3 Å². The minimum Gasteiger partial charge on any atom is -0.305 e. The van der Waals surface area contributed by atoms with E-state index >= 15 is 0 Å². The minimum atomic E-state index is 0.142. The van der Waals surface area contributed by atoms with E-state index in [1.807, 2.05) is 18.7 Å². The summed E-state index contributed by atoms with van der Waals surface area (Å²) in [6.45, 7) is 5.15. The average molecular weight is 315 g/mol. The molecule has 0 aliphatic carbocycles. The first-order valence-corrected chi connectivity index (χ1v) is 7.84. The third-order valence-corrected chi connectivity index (χ3v) is 4.96. The van der Waals surface area contributed by atoms with Crippen molar-refractivity contribution >= 4 is 11.6 Å². The van der Waals surface area contributed by atoms with Crippen LogP contribution in [0.1, 0.15) is 17.8 Å². The number of hydrogen-bond acceptors (Lipinski definition) is 5. The van der Waals surface area contributed by atoms with E-state index in [9.17, 15) is 0 Å². The van der Waals surface area contributed by atoms with Crippen LogP contribution in [0.5, 0.6) is 0 Å². The van der Waals surface area contributed by atoms with Gasteiger partial charge in [-0.2, -0.15) is 5.10 Å². The van der Waals surface area contributed by atoms with Gasteiger partial charge in [0.15, 0.2) is 0 Å². The average Bonchev–Trinajstić information content (AvgIpc) is 2.59. The summed E-state index contributed by atoms with van der Waals surface area (Å²) in [5.74, 6) is 5.85. The van der Waals surface area contributed by atoms with Crippen molar-refractivity contribution in [2.75, 3.05) is 33.7 Å². The lowest BCUT2D eigenvalue weighted by atomic mass is 10.0. The molecular formula is C14H27ClN6. The maximum absolute atomic E-state index is 6.38. The molecule has 0 amide bonds. The first-order chi connectivity index (χ1) is 9.93. The Hall–Kier alpha value is -0.660. The summed E-state index contributed by atoms with van der Waals surface area (Å²) in [5.41, 5.74) is 4.91. The van der Waals surface area contributed by atoms with Crippen LogP contribution >= 0.6 is 11.6 Å². The van der Waals surface area contributed by atoms with Crippen molar-refractivity contribution in [3.05, 3.63) is 16.4 Å². The maximum atomic E-state index is 6.38. The van der Waals surface area contributed by atoms with Gasteiger partial charge in [0.25, 0.3) is 0 Å². The molecule has 1 aliphatic rings. The number of hydrogen-bond donors (Lipinski definition) is 2. The minimum absolute atomic E-state index is 0.142. The summed E-state index contributed by atoms with van der Waals surface area (Å²) in [7, 11) is 6.27. The van der Waals surface area contributed by atoms with Gasteiger partial charge in [-0.25, -0.2) is 0 Å². The number of nitrogens with one attached hydrogen (secondary N) is 1. The van der Waals surface area contributed by atoms with E-state index in [0.29, 0.717) is 6.04 Å². The lowest BCUT2D eigenvalue weighted by Crippen LogP contribution is -2.55. The van der Waals surface area contributed by atoms with Crippen molar-refractivity contribution in [2.45, 2.75) is 31.8 Å². The number of nitrogens with two attached hydrogens (primary N) is 1. The molecule has 2 rings (SSSR count). The Morgan fingerprint density at radius 1 is 1.38 bits per heavy atom. The van der Waals surface area contributed by atoms with E-state index in [4.69, 9.17) is 17.4 Å². The van der Waals surface area contributed by atoms with Crippen molar-refractivity contribution in [3.63, 3.8) is 0 Å². The molecule has 3 N–H and O–H groups in total. The van der Waals surface area contributed by atoms with Gasteiger partial charge in [-0.05, 0) is 40.5 Å². The molecule has 21 heavy (non-hydrogen) atoms. The zero-order valence-corrected chi connectivity index (χ0v) is 14.2. The normalized spacial score (nSPS) is 23.2. The second-order valence-electron chi connectivity index (χ2n) is 6.11. The monoisotopic (exact) mass is 314 g/mol. The first kappa shape index (κ1) is 16.7. The van der Waals surface area contributed by atoms with E-state index in [0.717, 1.165) is 42.5 Å². The molecular weight excluding hydrogens is 288 g/mol. The van der Waals surface area contributed by atoms with E-state index in [1.54, 1.807) is 0 Å². The van der Waals surface area contributed by atoms with E-state index in [2.05, 4.69) is 34.4 Å². The van der Waals surface area contributed by atoms with Crippen LogP contribution in [-0.4, -0.2) is 65.4 Å². The molecule has 0 bridgehead atoms. The number of nitrogens with zero attached hydrogens (tertiary/aromatic N) is 4. The molecule has 7 heteroatoms. The standard InChI is InChI=1S/C14H27ClN6/c1-10-14(15)12(21(4)18-10)8-11(17-16)13-9-19(2)6-5-7-20(13)3/h11,13,17H,5-9,16H2,1-4H3. The third kappa shape index (κ3) is 3.76. The third-order valence-electron chi connectivity index (χ3n) is 4.47. The highest BCUT2D eigenvalue weighted by atomic mass is 35.5. The van der Waals surface area contributed by atoms with Gasteiger partial charge in [0, 0.05) is 32.1 Å². The number of rotatable bonds is 4. The molecule has 1 aromatic rings. The van der Waals surface area contributed by atoms with Crippen molar-refractivity contribution in [2.24, 2.45) is 12.9 Å². The van der Waals surface area contributed by atoms with Gasteiger partial charge in [0.05, 0.1) is 16.4 Å². The van der Waals surface area contributed by atoms with Gasteiger partial charge < -0.3 is 9.80 Å². The summed E-state index contributed by atoms with van der Waals surface area (Å²) in [4.78, 5) is 4.76. The molecule has 120 valence electrons. The molecule has 1 aromatic heterocycles. The largest absolute Gasteiger partial charge is 0.305 e. The Morgan fingerprint density at radius 3 is 2.67 bits per heavy atom. The van der Waals surface area contributed by atoms with Crippen LogP contribution in [0.15, 0.2) is 0 Å². The molecule has 0 saturated carbocycles. The lowest BCUT2D eigenvalue weighted by Gasteiger charge is -2.34. The molecule has 2 heterocycles. The SMILES string of the molecule is Cc1nn(C)c(CC(NN)C2CN(C)CCCN2C)c1Cl. The van der Waals surface area contributed by atoms with Crippen LogP contribution in [-0.2, 0) is 13.5 Å². The van der Waals surface area contributed by atoms with E-state index < -0.39 is 0 Å². The van der Waals surface area contributed by atoms with Gasteiger partial charge >= 0.3 is 0 Å². The summed E-state index contributed by atoms with van der Waals surface area (Å²) < 4.78 is 1.86. The molecule has 0 aromatic carbocycles. The Morgan fingerprint density at radius 2 is 2.10 bits per heavy atom. The van der Waals surface area contributed by atoms with Crippen LogP contribution in [0.4, 0.5) is 0 Å². The highest BCUT2D eigenvalue weighted by Gasteiger charge is 2.29. The second kappa shape index (κ2) is 7.07. The zero-order valence-electron chi connectivity index (χ0n) is 13.4. The Labute approximate surface area is 132 Å². The summed E-state index contributed by atoms with van der Waals surface area (Å²) >= 11 is 6.38. The van der Waals surface area contributed by atoms with Crippen LogP contribution in [0.2, 0.25) is 5.02 Å². The summed E-state index contributed by atoms with van der Waals surface area (Å²) in [6, 6.07) is 0.497. The first-order valence-electron chi connectivity index (χ1n) is 7.47. The van der Waals surface area contributed by atoms with Crippen molar-refractivity contribution < 1.29 is 0 Å². The molecule has 1 aliphatic heterocycles. The number of halogens is 1. The van der Waals surface area contributed by atoms with Crippen LogP contribution in [0.3, 0.4) is 0 Å². The predicted molar refractivity (Wildman–Crippen MR) is 86.3 cm³/mol. The Bertz CT molecular complexity index is 474. The Balaban J connectivity index is 2.18. The van der Waals surface area contributed by atoms with Gasteiger partial charge in [0.1, 0.15) is 0 Å².